The average Bonchev–Trinajstić information content (AvgIpc) is 3.29. The Balaban J connectivity index is 0.00000220. The maximum absolute atomic E-state index is 11.8. The van der Waals surface area contributed by atoms with E-state index in [1.807, 2.05) is 7.05 Å². The molecule has 0 aliphatic heterocycles. The van der Waals surface area contributed by atoms with Gasteiger partial charge in [0.05, 0.1) is 0 Å². The van der Waals surface area contributed by atoms with Crippen LogP contribution < -0.4 is 16.0 Å². The minimum Gasteiger partial charge on any atom is -0.352 e. The molecule has 1 aliphatic carbocycles. The van der Waals surface area contributed by atoms with Crippen LogP contribution in [0.4, 0.5) is 5.69 Å². The molecule has 1 aromatic carbocycles. The van der Waals surface area contributed by atoms with E-state index < -0.39 is 0 Å². The Bertz CT molecular complexity index is 472. The number of anilines is 1. The van der Waals surface area contributed by atoms with Crippen LogP contribution in [0.25, 0.3) is 0 Å². The van der Waals surface area contributed by atoms with Crippen LogP contribution in [-0.4, -0.2) is 32.0 Å². The van der Waals surface area contributed by atoms with E-state index in [0.29, 0.717) is 12.1 Å². The third-order valence-electron chi connectivity index (χ3n) is 3.25. The predicted octanol–water partition coefficient (Wildman–Crippen LogP) is 1.80. The standard InChI is InChI=1S/C15H21N3O2.ClH/c1-16-9-2-10-17-14(19)11-5-7-13(8-6-11)18-15(20)12-3-4-12;/h5-8,12,16H,2-4,9-10H2,1H3,(H,17,19)(H,18,20);1H. The Kier molecular flexibility index (Phi) is 7.19. The van der Waals surface area contributed by atoms with Crippen LogP contribution in [0.2, 0.25) is 0 Å². The van der Waals surface area contributed by atoms with Crippen molar-refractivity contribution in [2.45, 2.75) is 19.3 Å². The highest BCUT2D eigenvalue weighted by Crippen LogP contribution is 2.30. The molecule has 1 saturated carbocycles. The smallest absolute Gasteiger partial charge is 0.251 e. The lowest BCUT2D eigenvalue weighted by atomic mass is 10.2. The third kappa shape index (κ3) is 5.73. The van der Waals surface area contributed by atoms with Crippen molar-refractivity contribution in [3.63, 3.8) is 0 Å². The Morgan fingerprint density at radius 1 is 1.14 bits per heavy atom. The molecule has 0 spiro atoms. The van der Waals surface area contributed by atoms with E-state index in [9.17, 15) is 9.59 Å². The van der Waals surface area contributed by atoms with Gasteiger partial charge in [-0.3, -0.25) is 9.59 Å². The molecule has 21 heavy (non-hydrogen) atoms. The maximum atomic E-state index is 11.8. The van der Waals surface area contributed by atoms with Crippen LogP contribution in [0.5, 0.6) is 0 Å². The number of amides is 2. The van der Waals surface area contributed by atoms with E-state index in [1.165, 1.54) is 0 Å². The summed E-state index contributed by atoms with van der Waals surface area (Å²) in [6.45, 7) is 1.53. The van der Waals surface area contributed by atoms with Gasteiger partial charge in [0.1, 0.15) is 0 Å². The first kappa shape index (κ1) is 17.5. The molecular formula is C15H22ClN3O2. The van der Waals surface area contributed by atoms with Crippen molar-refractivity contribution in [2.24, 2.45) is 5.92 Å². The van der Waals surface area contributed by atoms with E-state index in [-0.39, 0.29) is 30.1 Å². The van der Waals surface area contributed by atoms with Crippen molar-refractivity contribution < 1.29 is 9.59 Å². The SMILES string of the molecule is CNCCCNC(=O)c1ccc(NC(=O)C2CC2)cc1.Cl. The van der Waals surface area contributed by atoms with Gasteiger partial charge in [-0.15, -0.1) is 12.4 Å². The second kappa shape index (κ2) is 8.64. The molecule has 0 saturated heterocycles. The molecule has 1 aromatic rings. The average molecular weight is 312 g/mol. The number of hydrogen-bond donors (Lipinski definition) is 3. The van der Waals surface area contributed by atoms with Gasteiger partial charge < -0.3 is 16.0 Å². The van der Waals surface area contributed by atoms with Gasteiger partial charge in [-0.05, 0) is 57.1 Å². The number of carbonyl (C=O) groups is 2. The fourth-order valence-corrected chi connectivity index (χ4v) is 1.86. The summed E-state index contributed by atoms with van der Waals surface area (Å²) in [7, 11) is 1.89. The zero-order valence-electron chi connectivity index (χ0n) is 12.1. The minimum atomic E-state index is -0.0822. The quantitative estimate of drug-likeness (QED) is 0.672. The molecule has 1 aliphatic rings. The number of carbonyl (C=O) groups excluding carboxylic acids is 2. The van der Waals surface area contributed by atoms with Gasteiger partial charge in [-0.25, -0.2) is 0 Å². The lowest BCUT2D eigenvalue weighted by molar-refractivity contribution is -0.117. The summed E-state index contributed by atoms with van der Waals surface area (Å²) in [5, 5.41) is 8.74. The fourth-order valence-electron chi connectivity index (χ4n) is 1.86. The van der Waals surface area contributed by atoms with Crippen molar-refractivity contribution in [3.8, 4) is 0 Å². The Labute approximate surface area is 131 Å². The van der Waals surface area contributed by atoms with E-state index in [2.05, 4.69) is 16.0 Å². The number of nitrogens with one attached hydrogen (secondary N) is 3. The van der Waals surface area contributed by atoms with Crippen LogP contribution in [0.15, 0.2) is 24.3 Å². The van der Waals surface area contributed by atoms with E-state index >= 15 is 0 Å². The summed E-state index contributed by atoms with van der Waals surface area (Å²) >= 11 is 0. The molecule has 2 rings (SSSR count). The van der Waals surface area contributed by atoms with Gasteiger partial charge in [0.2, 0.25) is 5.91 Å². The second-order valence-corrected chi connectivity index (χ2v) is 5.05. The van der Waals surface area contributed by atoms with Gasteiger partial charge in [0, 0.05) is 23.7 Å². The van der Waals surface area contributed by atoms with Gasteiger partial charge >= 0.3 is 0 Å². The highest BCUT2D eigenvalue weighted by molar-refractivity contribution is 5.96. The highest BCUT2D eigenvalue weighted by atomic mass is 35.5. The molecule has 116 valence electrons. The van der Waals surface area contributed by atoms with Crippen molar-refractivity contribution in [1.82, 2.24) is 10.6 Å². The van der Waals surface area contributed by atoms with Gasteiger partial charge in [0.15, 0.2) is 0 Å². The molecule has 0 radical (unpaired) electrons. The molecule has 5 nitrogen and oxygen atoms in total. The monoisotopic (exact) mass is 311 g/mol. The van der Waals surface area contributed by atoms with Gasteiger partial charge in [-0.2, -0.15) is 0 Å². The first-order valence-corrected chi connectivity index (χ1v) is 7.04. The summed E-state index contributed by atoms with van der Waals surface area (Å²) < 4.78 is 0. The fraction of sp³-hybridized carbons (Fsp3) is 0.467. The van der Waals surface area contributed by atoms with Crippen molar-refractivity contribution in [3.05, 3.63) is 29.8 Å². The zero-order valence-corrected chi connectivity index (χ0v) is 13.0. The number of rotatable bonds is 7. The Morgan fingerprint density at radius 2 is 1.81 bits per heavy atom. The summed E-state index contributed by atoms with van der Waals surface area (Å²) in [5.41, 5.74) is 1.35. The largest absolute Gasteiger partial charge is 0.352 e. The summed E-state index contributed by atoms with van der Waals surface area (Å²) in [5.74, 6) is 0.181. The number of halogens is 1. The molecule has 2 amide bonds. The van der Waals surface area contributed by atoms with Crippen LogP contribution in [0, 0.1) is 5.92 Å². The molecule has 3 N–H and O–H groups in total. The summed E-state index contributed by atoms with van der Waals surface area (Å²) in [4.78, 5) is 23.4. The molecule has 1 fully saturated rings. The van der Waals surface area contributed by atoms with Crippen LogP contribution in [0.3, 0.4) is 0 Å². The van der Waals surface area contributed by atoms with Gasteiger partial charge in [0.25, 0.3) is 5.91 Å². The molecule has 0 bridgehead atoms. The predicted molar refractivity (Wildman–Crippen MR) is 85.9 cm³/mol. The number of hydrogen-bond acceptors (Lipinski definition) is 3. The minimum absolute atomic E-state index is 0. The normalized spacial score (nSPS) is 13.2. The van der Waals surface area contributed by atoms with Crippen LogP contribution in [0.1, 0.15) is 29.6 Å². The van der Waals surface area contributed by atoms with Crippen molar-refractivity contribution in [1.29, 1.82) is 0 Å². The second-order valence-electron chi connectivity index (χ2n) is 5.05. The molecule has 6 heteroatoms. The maximum Gasteiger partial charge on any atom is 0.251 e. The van der Waals surface area contributed by atoms with Crippen molar-refractivity contribution in [2.75, 3.05) is 25.5 Å². The first-order chi connectivity index (χ1) is 9.70. The Morgan fingerprint density at radius 3 is 2.38 bits per heavy atom. The van der Waals surface area contributed by atoms with Gasteiger partial charge in [-0.1, -0.05) is 0 Å². The molecule has 0 atom stereocenters. The van der Waals surface area contributed by atoms with E-state index in [4.69, 9.17) is 0 Å². The highest BCUT2D eigenvalue weighted by Gasteiger charge is 2.29. The van der Waals surface area contributed by atoms with Crippen LogP contribution >= 0.6 is 12.4 Å². The molecular weight excluding hydrogens is 290 g/mol. The first-order valence-electron chi connectivity index (χ1n) is 7.04. The Hall–Kier alpha value is -1.59. The lowest BCUT2D eigenvalue weighted by Crippen LogP contribution is -2.26. The zero-order chi connectivity index (χ0) is 14.4. The third-order valence-corrected chi connectivity index (χ3v) is 3.25. The summed E-state index contributed by atoms with van der Waals surface area (Å²) in [6, 6.07) is 7.00. The van der Waals surface area contributed by atoms with E-state index in [1.54, 1.807) is 24.3 Å². The number of benzene rings is 1. The van der Waals surface area contributed by atoms with Crippen LogP contribution in [-0.2, 0) is 4.79 Å². The molecule has 0 aromatic heterocycles. The molecule has 0 heterocycles. The van der Waals surface area contributed by atoms with E-state index in [0.717, 1.165) is 31.5 Å². The van der Waals surface area contributed by atoms with Crippen molar-refractivity contribution >= 4 is 29.9 Å². The molecule has 0 unspecified atom stereocenters. The topological polar surface area (TPSA) is 70.2 Å². The lowest BCUT2D eigenvalue weighted by Gasteiger charge is -2.07. The summed E-state index contributed by atoms with van der Waals surface area (Å²) in [6.07, 6.45) is 2.87.